The van der Waals surface area contributed by atoms with Gasteiger partial charge in [0, 0.05) is 17.9 Å². The van der Waals surface area contributed by atoms with Crippen LogP contribution < -0.4 is 4.90 Å². The van der Waals surface area contributed by atoms with E-state index in [1.165, 1.54) is 11.8 Å². The van der Waals surface area contributed by atoms with Gasteiger partial charge in [-0.2, -0.15) is 0 Å². The average molecular weight is 421 g/mol. The maximum atomic E-state index is 12.9. The summed E-state index contributed by atoms with van der Waals surface area (Å²) in [6.07, 6.45) is 0. The molecule has 2 aromatic carbocycles. The number of aromatic nitrogens is 3. The van der Waals surface area contributed by atoms with Crippen molar-refractivity contribution in [2.45, 2.75) is 12.1 Å². The molecule has 29 heavy (non-hydrogen) atoms. The lowest BCUT2D eigenvalue weighted by atomic mass is 10.3. The minimum Gasteiger partial charge on any atom is -0.312 e. The molecule has 0 aliphatic carbocycles. The lowest BCUT2D eigenvalue weighted by Gasteiger charge is -2.20. The third-order valence-electron chi connectivity index (χ3n) is 4.40. The fourth-order valence-corrected chi connectivity index (χ4v) is 4.58. The zero-order chi connectivity index (χ0) is 20.1. The molecule has 2 heterocycles. The summed E-state index contributed by atoms with van der Waals surface area (Å²) < 4.78 is 2.02. The van der Waals surface area contributed by atoms with Crippen molar-refractivity contribution in [3.63, 3.8) is 0 Å². The smallest absolute Gasteiger partial charge is 0.237 e. The van der Waals surface area contributed by atoms with Crippen LogP contribution in [0.1, 0.15) is 6.92 Å². The molecule has 0 unspecified atom stereocenters. The number of para-hydroxylation sites is 2. The molecule has 0 saturated carbocycles. The Morgan fingerprint density at radius 1 is 1.00 bits per heavy atom. The monoisotopic (exact) mass is 420 g/mol. The largest absolute Gasteiger partial charge is 0.312 e. The van der Waals surface area contributed by atoms with Crippen molar-refractivity contribution in [3.05, 3.63) is 78.2 Å². The SMILES string of the molecule is CCN(C(=O)CSc1nnc(-c2cccs2)n1-c1ccccc1)c1ccccc1. The highest BCUT2D eigenvalue weighted by molar-refractivity contribution is 7.99. The standard InChI is InChI=1S/C22H20N4OS2/c1-2-25(17-10-5-3-6-11-17)20(27)16-29-22-24-23-21(19-14-9-15-28-19)26(22)18-12-7-4-8-13-18/h3-15H,2,16H2,1H3. The van der Waals surface area contributed by atoms with Gasteiger partial charge in [-0.15, -0.1) is 21.5 Å². The van der Waals surface area contributed by atoms with Crippen LogP contribution in [0.2, 0.25) is 0 Å². The Bertz CT molecular complexity index is 1060. The van der Waals surface area contributed by atoms with E-state index in [-0.39, 0.29) is 11.7 Å². The highest BCUT2D eigenvalue weighted by Crippen LogP contribution is 2.30. The van der Waals surface area contributed by atoms with Gasteiger partial charge in [-0.05, 0) is 42.6 Å². The minimum absolute atomic E-state index is 0.0454. The number of carbonyl (C=O) groups excluding carboxylic acids is 1. The minimum atomic E-state index is 0.0454. The molecule has 2 aromatic heterocycles. The molecule has 1 amide bonds. The lowest BCUT2D eigenvalue weighted by molar-refractivity contribution is -0.116. The maximum Gasteiger partial charge on any atom is 0.237 e. The van der Waals surface area contributed by atoms with E-state index in [0.717, 1.165) is 22.1 Å². The first kappa shape index (κ1) is 19.4. The van der Waals surface area contributed by atoms with Crippen LogP contribution in [0.25, 0.3) is 16.4 Å². The Labute approximate surface area is 178 Å². The van der Waals surface area contributed by atoms with Gasteiger partial charge in [0.25, 0.3) is 0 Å². The molecule has 0 spiro atoms. The molecule has 0 N–H and O–H groups in total. The number of carbonyl (C=O) groups is 1. The van der Waals surface area contributed by atoms with Gasteiger partial charge in [0.15, 0.2) is 11.0 Å². The molecule has 0 atom stereocenters. The summed E-state index contributed by atoms with van der Waals surface area (Å²) in [7, 11) is 0. The number of nitrogens with zero attached hydrogens (tertiary/aromatic N) is 4. The van der Waals surface area contributed by atoms with Gasteiger partial charge in [0.2, 0.25) is 5.91 Å². The molecule has 0 bridgehead atoms. The van der Waals surface area contributed by atoms with Gasteiger partial charge in [-0.25, -0.2) is 0 Å². The summed E-state index contributed by atoms with van der Waals surface area (Å²) in [6.45, 7) is 2.60. The quantitative estimate of drug-likeness (QED) is 0.389. The van der Waals surface area contributed by atoms with Gasteiger partial charge < -0.3 is 4.90 Å². The third-order valence-corrected chi connectivity index (χ3v) is 6.18. The predicted molar refractivity (Wildman–Crippen MR) is 120 cm³/mol. The van der Waals surface area contributed by atoms with Gasteiger partial charge in [-0.1, -0.05) is 54.2 Å². The van der Waals surface area contributed by atoms with Crippen LogP contribution in [0.3, 0.4) is 0 Å². The van der Waals surface area contributed by atoms with Crippen LogP contribution >= 0.6 is 23.1 Å². The topological polar surface area (TPSA) is 51.0 Å². The third kappa shape index (κ3) is 4.26. The molecule has 4 rings (SSSR count). The summed E-state index contributed by atoms with van der Waals surface area (Å²) in [5.74, 6) is 1.12. The summed E-state index contributed by atoms with van der Waals surface area (Å²) in [6, 6.07) is 23.8. The van der Waals surface area contributed by atoms with Crippen LogP contribution in [0.5, 0.6) is 0 Å². The zero-order valence-electron chi connectivity index (χ0n) is 15.9. The first-order chi connectivity index (χ1) is 14.3. The molecule has 0 radical (unpaired) electrons. The molecule has 0 fully saturated rings. The number of rotatable bonds is 7. The van der Waals surface area contributed by atoms with Gasteiger partial charge in [0.05, 0.1) is 10.6 Å². The van der Waals surface area contributed by atoms with Crippen molar-refractivity contribution in [3.8, 4) is 16.4 Å². The molecule has 0 saturated heterocycles. The Hall–Kier alpha value is -2.90. The Balaban J connectivity index is 1.60. The Morgan fingerprint density at radius 3 is 2.38 bits per heavy atom. The van der Waals surface area contributed by atoms with Crippen LogP contribution in [-0.2, 0) is 4.79 Å². The van der Waals surface area contributed by atoms with E-state index >= 15 is 0 Å². The first-order valence-electron chi connectivity index (χ1n) is 9.31. The number of benzene rings is 2. The fraction of sp³-hybridized carbons (Fsp3) is 0.136. The summed E-state index contributed by atoms with van der Waals surface area (Å²) >= 11 is 3.03. The van der Waals surface area contributed by atoms with E-state index in [1.807, 2.05) is 89.7 Å². The van der Waals surface area contributed by atoms with Crippen molar-refractivity contribution < 1.29 is 4.79 Å². The van der Waals surface area contributed by atoms with Crippen LogP contribution in [-0.4, -0.2) is 33.0 Å². The molecule has 5 nitrogen and oxygen atoms in total. The average Bonchev–Trinajstić information content (AvgIpc) is 3.44. The van der Waals surface area contributed by atoms with Crippen molar-refractivity contribution in [2.75, 3.05) is 17.2 Å². The Morgan fingerprint density at radius 2 is 1.72 bits per heavy atom. The van der Waals surface area contributed by atoms with Gasteiger partial charge >= 0.3 is 0 Å². The second-order valence-corrected chi connectivity index (χ2v) is 8.11. The number of amides is 1. The van der Waals surface area contributed by atoms with Crippen LogP contribution in [0.4, 0.5) is 5.69 Å². The normalized spacial score (nSPS) is 10.8. The molecular formula is C22H20N4OS2. The number of thioether (sulfide) groups is 1. The maximum absolute atomic E-state index is 12.9. The summed E-state index contributed by atoms with van der Waals surface area (Å²) in [4.78, 5) is 15.7. The zero-order valence-corrected chi connectivity index (χ0v) is 17.6. The van der Waals surface area contributed by atoms with Gasteiger partial charge in [0.1, 0.15) is 0 Å². The molecule has 7 heteroatoms. The van der Waals surface area contributed by atoms with Gasteiger partial charge in [-0.3, -0.25) is 9.36 Å². The Kier molecular flexibility index (Phi) is 6.07. The van der Waals surface area contributed by atoms with Crippen LogP contribution in [0.15, 0.2) is 83.3 Å². The molecule has 0 aliphatic heterocycles. The molecule has 4 aromatic rings. The highest BCUT2D eigenvalue weighted by Gasteiger charge is 2.20. The molecule has 0 aliphatic rings. The van der Waals surface area contributed by atoms with Crippen molar-refractivity contribution in [1.82, 2.24) is 14.8 Å². The summed E-state index contributed by atoms with van der Waals surface area (Å²) in [5.41, 5.74) is 1.88. The lowest BCUT2D eigenvalue weighted by Crippen LogP contribution is -2.32. The van der Waals surface area contributed by atoms with E-state index in [1.54, 1.807) is 16.2 Å². The van der Waals surface area contributed by atoms with Crippen molar-refractivity contribution in [2.24, 2.45) is 0 Å². The fourth-order valence-electron chi connectivity index (χ4n) is 3.05. The highest BCUT2D eigenvalue weighted by atomic mass is 32.2. The number of hydrogen-bond acceptors (Lipinski definition) is 5. The van der Waals surface area contributed by atoms with Crippen molar-refractivity contribution >= 4 is 34.7 Å². The van der Waals surface area contributed by atoms with E-state index in [0.29, 0.717) is 11.7 Å². The van der Waals surface area contributed by atoms with E-state index in [2.05, 4.69) is 10.2 Å². The number of hydrogen-bond donors (Lipinski definition) is 0. The van der Waals surface area contributed by atoms with E-state index in [4.69, 9.17) is 0 Å². The van der Waals surface area contributed by atoms with Crippen molar-refractivity contribution in [1.29, 1.82) is 0 Å². The summed E-state index contributed by atoms with van der Waals surface area (Å²) in [5, 5.41) is 11.5. The van der Waals surface area contributed by atoms with E-state index < -0.39 is 0 Å². The number of thiophene rings is 1. The molecule has 146 valence electrons. The number of anilines is 1. The van der Waals surface area contributed by atoms with E-state index in [9.17, 15) is 4.79 Å². The second kappa shape index (κ2) is 9.07. The first-order valence-corrected chi connectivity index (χ1v) is 11.2. The van der Waals surface area contributed by atoms with Crippen LogP contribution in [0, 0.1) is 0 Å². The molecular weight excluding hydrogens is 400 g/mol. The predicted octanol–water partition coefficient (Wildman–Crippen LogP) is 5.14. The second-order valence-electron chi connectivity index (χ2n) is 6.22.